The summed E-state index contributed by atoms with van der Waals surface area (Å²) in [5, 5.41) is 4.63. The summed E-state index contributed by atoms with van der Waals surface area (Å²) in [6.45, 7) is 6.45. The Bertz CT molecular complexity index is 392. The zero-order valence-corrected chi connectivity index (χ0v) is 13.8. The minimum Gasteiger partial charge on any atom is -0.393 e. The molecular formula is C15H26N2O2Si. The highest BCUT2D eigenvalue weighted by Gasteiger charge is 2.48. The van der Waals surface area contributed by atoms with Crippen LogP contribution >= 0.6 is 0 Å². The molecular weight excluding hydrogens is 268 g/mol. The van der Waals surface area contributed by atoms with Crippen LogP contribution in [0.5, 0.6) is 0 Å². The Kier molecular flexibility index (Phi) is 5.74. The molecule has 0 spiro atoms. The molecule has 1 atom stereocenters. The van der Waals surface area contributed by atoms with Crippen LogP contribution in [0.4, 0.5) is 0 Å². The normalized spacial score (nSPS) is 18.9. The van der Waals surface area contributed by atoms with Crippen LogP contribution in [0, 0.1) is 0 Å². The molecule has 2 rings (SSSR count). The Morgan fingerprint density at radius 2 is 1.75 bits per heavy atom. The van der Waals surface area contributed by atoms with Crippen molar-refractivity contribution in [1.29, 1.82) is 0 Å². The predicted octanol–water partition coefficient (Wildman–Crippen LogP) is 0.852. The number of rotatable bonds is 6. The van der Waals surface area contributed by atoms with Crippen LogP contribution in [-0.4, -0.2) is 59.5 Å². The smallest absolute Gasteiger partial charge is 0.389 e. The van der Waals surface area contributed by atoms with E-state index >= 15 is 0 Å². The summed E-state index contributed by atoms with van der Waals surface area (Å²) in [6.07, 6.45) is 1.04. The molecule has 0 saturated carbocycles. The molecule has 1 aromatic carbocycles. The van der Waals surface area contributed by atoms with Gasteiger partial charge in [-0.25, -0.2) is 0 Å². The van der Waals surface area contributed by atoms with Gasteiger partial charge in [0.05, 0.1) is 5.67 Å². The van der Waals surface area contributed by atoms with E-state index in [1.165, 1.54) is 5.19 Å². The van der Waals surface area contributed by atoms with Gasteiger partial charge >= 0.3 is 8.56 Å². The molecule has 1 N–H and O–H groups in total. The van der Waals surface area contributed by atoms with Crippen LogP contribution in [0.3, 0.4) is 0 Å². The molecule has 1 aliphatic rings. The van der Waals surface area contributed by atoms with Crippen molar-refractivity contribution < 1.29 is 8.85 Å². The third-order valence-electron chi connectivity index (χ3n) is 4.20. The Morgan fingerprint density at radius 3 is 2.25 bits per heavy atom. The van der Waals surface area contributed by atoms with Crippen LogP contribution in [0.15, 0.2) is 30.3 Å². The van der Waals surface area contributed by atoms with Crippen molar-refractivity contribution in [3.05, 3.63) is 30.3 Å². The van der Waals surface area contributed by atoms with Gasteiger partial charge in [0.2, 0.25) is 0 Å². The van der Waals surface area contributed by atoms with Gasteiger partial charge in [-0.3, -0.25) is 4.90 Å². The monoisotopic (exact) mass is 294 g/mol. The standard InChI is InChI=1S/C15H26N2O2Si/c1-4-15(17-12-10-16-11-13-17)20(18-2,19-3)14-8-6-5-7-9-14/h5-9,15-16H,4,10-13H2,1-3H3. The molecule has 1 aromatic rings. The van der Waals surface area contributed by atoms with Gasteiger partial charge in [-0.2, -0.15) is 0 Å². The molecule has 4 nitrogen and oxygen atoms in total. The zero-order chi connectivity index (χ0) is 14.4. The Balaban J connectivity index is 2.33. The van der Waals surface area contributed by atoms with Crippen molar-refractivity contribution in [2.24, 2.45) is 0 Å². The maximum Gasteiger partial charge on any atom is 0.389 e. The number of nitrogens with one attached hydrogen (secondary N) is 1. The third kappa shape index (κ3) is 2.97. The summed E-state index contributed by atoms with van der Waals surface area (Å²) < 4.78 is 12.1. The lowest BCUT2D eigenvalue weighted by Crippen LogP contribution is -2.68. The van der Waals surface area contributed by atoms with Gasteiger partial charge in [0.1, 0.15) is 0 Å². The molecule has 112 valence electrons. The van der Waals surface area contributed by atoms with Crippen molar-refractivity contribution in [2.75, 3.05) is 40.4 Å². The lowest BCUT2D eigenvalue weighted by Gasteiger charge is -2.43. The van der Waals surface area contributed by atoms with Gasteiger partial charge in [0.25, 0.3) is 0 Å². The molecule has 5 heteroatoms. The van der Waals surface area contributed by atoms with E-state index < -0.39 is 8.56 Å². The SMILES string of the molecule is CCC(N1CCNCC1)[Si](OC)(OC)c1ccccc1. The fraction of sp³-hybridized carbons (Fsp3) is 0.600. The number of nitrogens with zero attached hydrogens (tertiary/aromatic N) is 1. The fourth-order valence-corrected chi connectivity index (χ4v) is 6.72. The third-order valence-corrected chi connectivity index (χ3v) is 8.20. The van der Waals surface area contributed by atoms with Crippen molar-refractivity contribution in [1.82, 2.24) is 10.2 Å². The van der Waals surface area contributed by atoms with Crippen LogP contribution in [0.25, 0.3) is 0 Å². The highest BCUT2D eigenvalue weighted by molar-refractivity contribution is 6.82. The summed E-state index contributed by atoms with van der Waals surface area (Å²) in [7, 11) is 1.16. The Labute approximate surface area is 123 Å². The topological polar surface area (TPSA) is 33.7 Å². The average Bonchev–Trinajstić information content (AvgIpc) is 2.54. The number of piperazine rings is 1. The summed E-state index contributed by atoms with van der Waals surface area (Å²) >= 11 is 0. The Morgan fingerprint density at radius 1 is 1.15 bits per heavy atom. The highest BCUT2D eigenvalue weighted by Crippen LogP contribution is 2.20. The van der Waals surface area contributed by atoms with Gasteiger partial charge in [0, 0.05) is 40.4 Å². The first-order chi connectivity index (χ1) is 9.78. The molecule has 0 aliphatic carbocycles. The van der Waals surface area contributed by atoms with Crippen LogP contribution in [-0.2, 0) is 8.85 Å². The van der Waals surface area contributed by atoms with Gasteiger partial charge in [-0.15, -0.1) is 0 Å². The molecule has 1 saturated heterocycles. The van der Waals surface area contributed by atoms with E-state index in [0.717, 1.165) is 32.6 Å². The van der Waals surface area contributed by atoms with Gasteiger partial charge in [0.15, 0.2) is 0 Å². The van der Waals surface area contributed by atoms with Crippen LogP contribution in [0.1, 0.15) is 13.3 Å². The molecule has 1 fully saturated rings. The second-order valence-corrected chi connectivity index (χ2v) is 8.55. The van der Waals surface area contributed by atoms with Crippen molar-refractivity contribution >= 4 is 13.7 Å². The first-order valence-electron chi connectivity index (χ1n) is 7.39. The largest absolute Gasteiger partial charge is 0.393 e. The summed E-state index contributed by atoms with van der Waals surface area (Å²) in [5.74, 6) is 0. The van der Waals surface area contributed by atoms with Gasteiger partial charge in [-0.1, -0.05) is 37.3 Å². The lowest BCUT2D eigenvalue weighted by molar-refractivity contribution is 0.151. The van der Waals surface area contributed by atoms with Crippen molar-refractivity contribution in [3.8, 4) is 0 Å². The van der Waals surface area contributed by atoms with Crippen LogP contribution in [0.2, 0.25) is 0 Å². The molecule has 1 unspecified atom stereocenters. The molecule has 20 heavy (non-hydrogen) atoms. The molecule has 1 heterocycles. The lowest BCUT2D eigenvalue weighted by atomic mass is 10.3. The minimum atomic E-state index is -2.44. The zero-order valence-electron chi connectivity index (χ0n) is 12.8. The quantitative estimate of drug-likeness (QED) is 0.789. The van der Waals surface area contributed by atoms with E-state index in [-0.39, 0.29) is 0 Å². The average molecular weight is 294 g/mol. The first-order valence-corrected chi connectivity index (χ1v) is 9.28. The summed E-state index contributed by atoms with van der Waals surface area (Å²) in [5.41, 5.74) is 0.349. The number of hydrogen-bond donors (Lipinski definition) is 1. The maximum absolute atomic E-state index is 6.03. The molecule has 0 bridgehead atoms. The van der Waals surface area contributed by atoms with E-state index in [2.05, 4.69) is 41.4 Å². The van der Waals surface area contributed by atoms with E-state index in [9.17, 15) is 0 Å². The molecule has 0 radical (unpaired) electrons. The highest BCUT2D eigenvalue weighted by atomic mass is 28.4. The van der Waals surface area contributed by atoms with Crippen molar-refractivity contribution in [3.63, 3.8) is 0 Å². The molecule has 0 amide bonds. The first kappa shape index (κ1) is 15.7. The summed E-state index contributed by atoms with van der Waals surface area (Å²) in [6, 6.07) is 10.5. The van der Waals surface area contributed by atoms with E-state index in [1.807, 2.05) is 6.07 Å². The minimum absolute atomic E-state index is 0.349. The van der Waals surface area contributed by atoms with Gasteiger partial charge < -0.3 is 14.2 Å². The van der Waals surface area contributed by atoms with Crippen molar-refractivity contribution in [2.45, 2.75) is 19.0 Å². The van der Waals surface area contributed by atoms with E-state index in [1.54, 1.807) is 14.2 Å². The Hall–Kier alpha value is -0.723. The molecule has 0 aromatic heterocycles. The van der Waals surface area contributed by atoms with E-state index in [4.69, 9.17) is 8.85 Å². The second kappa shape index (κ2) is 7.33. The molecule has 1 aliphatic heterocycles. The fourth-order valence-electron chi connectivity index (χ4n) is 3.22. The van der Waals surface area contributed by atoms with Crippen LogP contribution < -0.4 is 10.5 Å². The predicted molar refractivity (Wildman–Crippen MR) is 84.4 cm³/mol. The number of hydrogen-bond acceptors (Lipinski definition) is 4. The maximum atomic E-state index is 6.03. The summed E-state index contributed by atoms with van der Waals surface area (Å²) in [4.78, 5) is 2.53. The number of benzene rings is 1. The van der Waals surface area contributed by atoms with E-state index in [0.29, 0.717) is 5.67 Å². The van der Waals surface area contributed by atoms with Gasteiger partial charge in [-0.05, 0) is 11.6 Å². The second-order valence-electron chi connectivity index (χ2n) is 5.15.